The quantitative estimate of drug-likeness (QED) is 0.835. The molecular weight excluding hydrogens is 358 g/mol. The van der Waals surface area contributed by atoms with Gasteiger partial charge < -0.3 is 5.32 Å². The van der Waals surface area contributed by atoms with Gasteiger partial charge in [0.25, 0.3) is 0 Å². The van der Waals surface area contributed by atoms with Crippen molar-refractivity contribution < 1.29 is 9.59 Å². The number of hydrogen-bond donors (Lipinski definition) is 1. The minimum Gasteiger partial charge on any atom is -0.306 e. The van der Waals surface area contributed by atoms with Crippen LogP contribution in [0, 0.1) is 13.8 Å². The SMILES string of the molecule is Cc1ccc(N2C(=O)CSC2=NC(=O)Nc2ccc(Cl)cc2)c(C)c1. The van der Waals surface area contributed by atoms with Gasteiger partial charge in [0.2, 0.25) is 5.91 Å². The van der Waals surface area contributed by atoms with Gasteiger partial charge in [0.05, 0.1) is 11.4 Å². The zero-order valence-corrected chi connectivity index (χ0v) is 15.3. The third kappa shape index (κ3) is 4.03. The summed E-state index contributed by atoms with van der Waals surface area (Å²) in [6.07, 6.45) is 0. The molecule has 3 rings (SSSR count). The molecule has 0 bridgehead atoms. The van der Waals surface area contributed by atoms with Gasteiger partial charge >= 0.3 is 6.03 Å². The zero-order valence-electron chi connectivity index (χ0n) is 13.7. The van der Waals surface area contributed by atoms with Crippen molar-refractivity contribution in [3.8, 4) is 0 Å². The van der Waals surface area contributed by atoms with E-state index < -0.39 is 6.03 Å². The van der Waals surface area contributed by atoms with Gasteiger partial charge in [-0.05, 0) is 49.7 Å². The van der Waals surface area contributed by atoms with Crippen molar-refractivity contribution in [3.05, 3.63) is 58.6 Å². The lowest BCUT2D eigenvalue weighted by Gasteiger charge is -2.18. The summed E-state index contributed by atoms with van der Waals surface area (Å²) in [5, 5.41) is 3.63. The van der Waals surface area contributed by atoms with E-state index in [0.717, 1.165) is 16.8 Å². The smallest absolute Gasteiger partial charge is 0.306 e. The van der Waals surface area contributed by atoms with Crippen LogP contribution >= 0.6 is 23.4 Å². The molecule has 7 heteroatoms. The molecule has 0 radical (unpaired) electrons. The second-order valence-electron chi connectivity index (χ2n) is 5.64. The van der Waals surface area contributed by atoms with Crippen molar-refractivity contribution in [2.75, 3.05) is 16.0 Å². The van der Waals surface area contributed by atoms with E-state index in [9.17, 15) is 9.59 Å². The van der Waals surface area contributed by atoms with Crippen LogP contribution in [0.25, 0.3) is 0 Å². The predicted octanol–water partition coefficient (Wildman–Crippen LogP) is 4.62. The standard InChI is InChI=1S/C18H16ClN3O2S/c1-11-3-8-15(12(2)9-11)22-16(23)10-25-18(22)21-17(24)20-14-6-4-13(19)5-7-14/h3-9H,10H2,1-2H3,(H,20,24). The average molecular weight is 374 g/mol. The van der Waals surface area contributed by atoms with Crippen LogP contribution in [0.5, 0.6) is 0 Å². The van der Waals surface area contributed by atoms with E-state index in [1.165, 1.54) is 16.7 Å². The average Bonchev–Trinajstić information content (AvgIpc) is 2.90. The lowest BCUT2D eigenvalue weighted by Crippen LogP contribution is -2.30. The van der Waals surface area contributed by atoms with E-state index in [1.54, 1.807) is 24.3 Å². The van der Waals surface area contributed by atoms with E-state index in [2.05, 4.69) is 10.3 Å². The maximum Gasteiger partial charge on any atom is 0.347 e. The maximum atomic E-state index is 12.3. The molecule has 1 saturated heterocycles. The predicted molar refractivity (Wildman–Crippen MR) is 104 cm³/mol. The monoisotopic (exact) mass is 373 g/mol. The molecule has 1 aliphatic rings. The highest BCUT2D eigenvalue weighted by molar-refractivity contribution is 8.15. The Morgan fingerprint density at radius 3 is 2.60 bits per heavy atom. The van der Waals surface area contributed by atoms with Crippen LogP contribution < -0.4 is 10.2 Å². The number of benzene rings is 2. The highest BCUT2D eigenvalue weighted by Crippen LogP contribution is 2.30. The van der Waals surface area contributed by atoms with E-state index in [4.69, 9.17) is 11.6 Å². The van der Waals surface area contributed by atoms with Gasteiger partial charge in [-0.15, -0.1) is 0 Å². The zero-order chi connectivity index (χ0) is 18.0. The summed E-state index contributed by atoms with van der Waals surface area (Å²) in [6, 6.07) is 12.0. The molecule has 0 atom stereocenters. The third-order valence-corrected chi connectivity index (χ3v) is 4.83. The molecule has 3 amide bonds. The summed E-state index contributed by atoms with van der Waals surface area (Å²) < 4.78 is 0. The Hall–Kier alpha value is -2.31. The Bertz CT molecular complexity index is 865. The fraction of sp³-hybridized carbons (Fsp3) is 0.167. The molecule has 0 aliphatic carbocycles. The highest BCUT2D eigenvalue weighted by atomic mass is 35.5. The number of thioether (sulfide) groups is 1. The van der Waals surface area contributed by atoms with Gasteiger partial charge in [-0.2, -0.15) is 4.99 Å². The molecule has 128 valence electrons. The molecule has 5 nitrogen and oxygen atoms in total. The molecule has 2 aromatic rings. The molecule has 0 saturated carbocycles. The van der Waals surface area contributed by atoms with Crippen LogP contribution in [0.1, 0.15) is 11.1 Å². The van der Waals surface area contributed by atoms with Gasteiger partial charge in [0, 0.05) is 10.7 Å². The molecule has 1 aliphatic heterocycles. The van der Waals surface area contributed by atoms with Crippen molar-refractivity contribution >= 4 is 51.8 Å². The Balaban J connectivity index is 1.84. The molecule has 0 unspecified atom stereocenters. The highest BCUT2D eigenvalue weighted by Gasteiger charge is 2.31. The van der Waals surface area contributed by atoms with Crippen molar-refractivity contribution in [3.63, 3.8) is 0 Å². The second-order valence-corrected chi connectivity index (χ2v) is 7.02. The van der Waals surface area contributed by atoms with Gasteiger partial charge in [0.15, 0.2) is 5.17 Å². The number of urea groups is 1. The molecular formula is C18H16ClN3O2S. The van der Waals surface area contributed by atoms with Gasteiger partial charge in [-0.1, -0.05) is 41.1 Å². The van der Waals surface area contributed by atoms with Crippen LogP contribution in [0.15, 0.2) is 47.5 Å². The minimum absolute atomic E-state index is 0.0880. The van der Waals surface area contributed by atoms with E-state index >= 15 is 0 Å². The van der Waals surface area contributed by atoms with Crippen LogP contribution in [0.3, 0.4) is 0 Å². The number of rotatable bonds is 2. The lowest BCUT2D eigenvalue weighted by atomic mass is 10.1. The Morgan fingerprint density at radius 1 is 1.20 bits per heavy atom. The Kier molecular flexibility index (Phi) is 5.11. The van der Waals surface area contributed by atoms with Crippen LogP contribution in [0.2, 0.25) is 5.02 Å². The number of amides is 3. The number of amidine groups is 1. The second kappa shape index (κ2) is 7.29. The molecule has 1 heterocycles. The number of hydrogen-bond acceptors (Lipinski definition) is 3. The van der Waals surface area contributed by atoms with Crippen molar-refractivity contribution in [1.82, 2.24) is 0 Å². The molecule has 2 aromatic carbocycles. The van der Waals surface area contributed by atoms with Crippen LogP contribution in [-0.4, -0.2) is 22.9 Å². The number of carbonyl (C=O) groups is 2. The fourth-order valence-corrected chi connectivity index (χ4v) is 3.49. The largest absolute Gasteiger partial charge is 0.347 e. The van der Waals surface area contributed by atoms with Gasteiger partial charge in [0.1, 0.15) is 0 Å². The summed E-state index contributed by atoms with van der Waals surface area (Å²) in [5.74, 6) is 0.176. The first-order chi connectivity index (χ1) is 11.9. The number of nitrogens with zero attached hydrogens (tertiary/aromatic N) is 2. The lowest BCUT2D eigenvalue weighted by molar-refractivity contribution is -0.115. The van der Waals surface area contributed by atoms with Crippen molar-refractivity contribution in [2.24, 2.45) is 4.99 Å². The van der Waals surface area contributed by atoms with Crippen molar-refractivity contribution in [1.29, 1.82) is 0 Å². The Labute approximate surface area is 155 Å². The van der Waals surface area contributed by atoms with Crippen LogP contribution in [0.4, 0.5) is 16.2 Å². The summed E-state index contributed by atoms with van der Waals surface area (Å²) in [6.45, 7) is 3.93. The number of carbonyl (C=O) groups excluding carboxylic acids is 2. The minimum atomic E-state index is -0.533. The topological polar surface area (TPSA) is 61.8 Å². The van der Waals surface area contributed by atoms with Crippen LogP contribution in [-0.2, 0) is 4.79 Å². The molecule has 0 spiro atoms. The summed E-state index contributed by atoms with van der Waals surface area (Å²) in [7, 11) is 0. The number of aryl methyl sites for hydroxylation is 2. The first kappa shape index (κ1) is 17.5. The number of aliphatic imine (C=N–C) groups is 1. The van der Waals surface area contributed by atoms with E-state index in [1.807, 2.05) is 32.0 Å². The van der Waals surface area contributed by atoms with Gasteiger partial charge in [-0.25, -0.2) is 4.79 Å². The molecule has 0 aromatic heterocycles. The maximum absolute atomic E-state index is 12.3. The molecule has 25 heavy (non-hydrogen) atoms. The summed E-state index contributed by atoms with van der Waals surface area (Å²) in [5.41, 5.74) is 3.41. The summed E-state index contributed by atoms with van der Waals surface area (Å²) in [4.78, 5) is 30.0. The first-order valence-corrected chi connectivity index (χ1v) is 8.98. The third-order valence-electron chi connectivity index (χ3n) is 3.65. The normalized spacial score (nSPS) is 15.7. The van der Waals surface area contributed by atoms with Crippen molar-refractivity contribution in [2.45, 2.75) is 13.8 Å². The fourth-order valence-electron chi connectivity index (χ4n) is 2.51. The Morgan fingerprint density at radius 2 is 1.92 bits per heavy atom. The first-order valence-electron chi connectivity index (χ1n) is 7.62. The molecule has 1 N–H and O–H groups in total. The number of nitrogens with one attached hydrogen (secondary N) is 1. The molecule has 1 fully saturated rings. The van der Waals surface area contributed by atoms with Gasteiger partial charge in [-0.3, -0.25) is 9.69 Å². The van der Waals surface area contributed by atoms with E-state index in [0.29, 0.717) is 15.9 Å². The number of halogens is 1. The van der Waals surface area contributed by atoms with E-state index in [-0.39, 0.29) is 11.7 Å². The number of anilines is 2. The summed E-state index contributed by atoms with van der Waals surface area (Å²) >= 11 is 7.08.